The Morgan fingerprint density at radius 1 is 1.30 bits per heavy atom. The molecular weight excluding hydrogens is 350 g/mol. The first-order valence-corrected chi connectivity index (χ1v) is 8.63. The van der Waals surface area contributed by atoms with Crippen LogP contribution in [0.25, 0.3) is 4.85 Å². The Balaban J connectivity index is 2.28. The molecule has 0 aromatic heterocycles. The molecular formula is C20H21NO6. The van der Waals surface area contributed by atoms with Gasteiger partial charge in [0.05, 0.1) is 13.7 Å². The second-order valence-corrected chi connectivity index (χ2v) is 6.01. The zero-order chi connectivity index (χ0) is 19.6. The monoisotopic (exact) mass is 371 g/mol. The van der Waals surface area contributed by atoms with Crippen molar-refractivity contribution in [2.45, 2.75) is 45.1 Å². The van der Waals surface area contributed by atoms with E-state index in [1.54, 1.807) is 0 Å². The zero-order valence-electron chi connectivity index (χ0n) is 15.4. The van der Waals surface area contributed by atoms with Gasteiger partial charge in [0.1, 0.15) is 24.6 Å². The normalized spacial score (nSPS) is 18.4. The van der Waals surface area contributed by atoms with E-state index in [1.165, 1.54) is 26.2 Å². The molecule has 0 saturated heterocycles. The maximum absolute atomic E-state index is 12.5. The van der Waals surface area contributed by atoms with Crippen LogP contribution in [0.15, 0.2) is 34.9 Å². The van der Waals surface area contributed by atoms with Crippen LogP contribution in [0, 0.1) is 18.6 Å². The Morgan fingerprint density at radius 3 is 2.67 bits per heavy atom. The van der Waals surface area contributed by atoms with Gasteiger partial charge in [0.15, 0.2) is 5.76 Å². The molecule has 1 aliphatic heterocycles. The minimum atomic E-state index is -0.674. The third-order valence-electron chi connectivity index (χ3n) is 3.94. The lowest BCUT2D eigenvalue weighted by Gasteiger charge is -2.22. The highest BCUT2D eigenvalue weighted by molar-refractivity contribution is 5.93. The number of methoxy groups -OCH3 is 1. The van der Waals surface area contributed by atoms with Crippen molar-refractivity contribution in [1.29, 1.82) is 0 Å². The highest BCUT2D eigenvalue weighted by atomic mass is 16.6. The molecule has 7 heteroatoms. The molecule has 0 N–H and O–H groups in total. The molecule has 27 heavy (non-hydrogen) atoms. The first kappa shape index (κ1) is 20.1. The third kappa shape index (κ3) is 6.23. The molecule has 1 saturated carbocycles. The minimum Gasteiger partial charge on any atom is -0.467 e. The summed E-state index contributed by atoms with van der Waals surface area (Å²) in [6.07, 6.45) is 9.92. The van der Waals surface area contributed by atoms with Crippen molar-refractivity contribution < 1.29 is 28.5 Å². The maximum atomic E-state index is 12.5. The topological polar surface area (TPSA) is 75.4 Å². The second-order valence-electron chi connectivity index (χ2n) is 6.01. The summed E-state index contributed by atoms with van der Waals surface area (Å²) in [4.78, 5) is 26.9. The SMILES string of the molecule is [C-]#[N+]/C(C(=O)OC1CCCCC1)=C1\C=C(C#COC)OC(COC(C)=O)=C1. The van der Waals surface area contributed by atoms with E-state index in [0.717, 1.165) is 32.1 Å². The van der Waals surface area contributed by atoms with Crippen LogP contribution in [0.5, 0.6) is 0 Å². The van der Waals surface area contributed by atoms with Gasteiger partial charge in [0.2, 0.25) is 0 Å². The number of hydrogen-bond donors (Lipinski definition) is 0. The van der Waals surface area contributed by atoms with Crippen molar-refractivity contribution in [3.05, 3.63) is 46.4 Å². The number of carbonyl (C=O) groups excluding carboxylic acids is 2. The molecule has 2 rings (SSSR count). The fourth-order valence-corrected chi connectivity index (χ4v) is 2.72. The first-order valence-electron chi connectivity index (χ1n) is 8.63. The van der Waals surface area contributed by atoms with Crippen molar-refractivity contribution in [3.63, 3.8) is 0 Å². The smallest absolute Gasteiger partial charge is 0.337 e. The van der Waals surface area contributed by atoms with Gasteiger partial charge in [-0.25, -0.2) is 4.85 Å². The molecule has 142 valence electrons. The van der Waals surface area contributed by atoms with Gasteiger partial charge in [-0.15, -0.1) is 0 Å². The van der Waals surface area contributed by atoms with Crippen LogP contribution in [0.3, 0.4) is 0 Å². The van der Waals surface area contributed by atoms with E-state index >= 15 is 0 Å². The average Bonchev–Trinajstić information content (AvgIpc) is 2.66. The molecule has 1 aliphatic carbocycles. The predicted octanol–water partition coefficient (Wildman–Crippen LogP) is 3.00. The highest BCUT2D eigenvalue weighted by Gasteiger charge is 2.24. The van der Waals surface area contributed by atoms with E-state index in [4.69, 9.17) is 25.5 Å². The maximum Gasteiger partial charge on any atom is 0.337 e. The van der Waals surface area contributed by atoms with Gasteiger partial charge in [0, 0.05) is 12.8 Å². The molecule has 0 aromatic rings. The Morgan fingerprint density at radius 2 is 2.04 bits per heavy atom. The Kier molecular flexibility index (Phi) is 7.51. The van der Waals surface area contributed by atoms with Crippen molar-refractivity contribution in [1.82, 2.24) is 0 Å². The van der Waals surface area contributed by atoms with Crippen molar-refractivity contribution in [2.24, 2.45) is 0 Å². The molecule has 0 aromatic carbocycles. The lowest BCUT2D eigenvalue weighted by molar-refractivity contribution is -0.145. The van der Waals surface area contributed by atoms with Gasteiger partial charge in [-0.3, -0.25) is 9.59 Å². The van der Waals surface area contributed by atoms with Gasteiger partial charge in [-0.1, -0.05) is 6.42 Å². The van der Waals surface area contributed by atoms with E-state index < -0.39 is 11.9 Å². The fourth-order valence-electron chi connectivity index (χ4n) is 2.72. The Hall–Kier alpha value is -3.19. The Labute approximate surface area is 158 Å². The van der Waals surface area contributed by atoms with Crippen molar-refractivity contribution >= 4 is 11.9 Å². The quantitative estimate of drug-likeness (QED) is 0.327. The zero-order valence-corrected chi connectivity index (χ0v) is 15.4. The highest BCUT2D eigenvalue weighted by Crippen LogP contribution is 2.26. The molecule has 0 amide bonds. The lowest BCUT2D eigenvalue weighted by Crippen LogP contribution is -2.22. The van der Waals surface area contributed by atoms with Crippen LogP contribution in [-0.2, 0) is 28.5 Å². The summed E-state index contributed by atoms with van der Waals surface area (Å²) in [5, 5.41) is 0. The summed E-state index contributed by atoms with van der Waals surface area (Å²) in [5.74, 6) is 1.87. The average molecular weight is 371 g/mol. The lowest BCUT2D eigenvalue weighted by atomic mass is 9.98. The van der Waals surface area contributed by atoms with Crippen LogP contribution < -0.4 is 0 Å². The number of hydrogen-bond acceptors (Lipinski definition) is 6. The molecule has 0 spiro atoms. The van der Waals surface area contributed by atoms with Gasteiger partial charge in [-0.05, 0) is 43.4 Å². The summed E-state index contributed by atoms with van der Waals surface area (Å²) >= 11 is 0. The summed E-state index contributed by atoms with van der Waals surface area (Å²) in [7, 11) is 1.40. The number of carbonyl (C=O) groups is 2. The molecule has 0 radical (unpaired) electrons. The summed E-state index contributed by atoms with van der Waals surface area (Å²) < 4.78 is 20.6. The number of rotatable bonds is 4. The van der Waals surface area contributed by atoms with Crippen molar-refractivity contribution in [3.8, 4) is 12.0 Å². The summed E-state index contributed by atoms with van der Waals surface area (Å²) in [5.41, 5.74) is 0.125. The van der Waals surface area contributed by atoms with E-state index in [-0.39, 0.29) is 29.9 Å². The molecule has 1 fully saturated rings. The number of allylic oxidation sites excluding steroid dienone is 4. The number of nitrogens with zero attached hydrogens (tertiary/aromatic N) is 1. The molecule has 1 heterocycles. The predicted molar refractivity (Wildman–Crippen MR) is 95.3 cm³/mol. The Bertz CT molecular complexity index is 782. The summed E-state index contributed by atoms with van der Waals surface area (Å²) in [6, 6.07) is 0. The fraction of sp³-hybridized carbons (Fsp3) is 0.450. The minimum absolute atomic E-state index is 0.145. The van der Waals surface area contributed by atoms with E-state index in [1.807, 2.05) is 0 Å². The van der Waals surface area contributed by atoms with Gasteiger partial charge < -0.3 is 18.9 Å². The molecule has 0 unspecified atom stereocenters. The van der Waals surface area contributed by atoms with E-state index in [0.29, 0.717) is 5.57 Å². The standard InChI is InChI=1S/C20H21NO6/c1-14(22)25-13-18-12-15(11-17(26-18)9-10-24-3)19(21-2)20(23)27-16-7-5-4-6-8-16/h11-12,16H,4-8,13H2,1,3H3/b19-15+. The van der Waals surface area contributed by atoms with E-state index in [2.05, 4.69) is 16.9 Å². The van der Waals surface area contributed by atoms with Crippen LogP contribution >= 0.6 is 0 Å². The second kappa shape index (κ2) is 10.1. The van der Waals surface area contributed by atoms with E-state index in [9.17, 15) is 9.59 Å². The first-order chi connectivity index (χ1) is 13.0. The van der Waals surface area contributed by atoms with Crippen molar-refractivity contribution in [2.75, 3.05) is 13.7 Å². The van der Waals surface area contributed by atoms with Gasteiger partial charge in [0.25, 0.3) is 5.70 Å². The van der Waals surface area contributed by atoms with Gasteiger partial charge in [-0.2, -0.15) is 0 Å². The van der Waals surface area contributed by atoms with Crippen LogP contribution in [-0.4, -0.2) is 31.8 Å². The number of esters is 2. The van der Waals surface area contributed by atoms with Crippen LogP contribution in [0.1, 0.15) is 39.0 Å². The number of ether oxygens (including phenoxy) is 4. The van der Waals surface area contributed by atoms with Gasteiger partial charge >= 0.3 is 11.9 Å². The van der Waals surface area contributed by atoms with Crippen LogP contribution in [0.2, 0.25) is 0 Å². The third-order valence-corrected chi connectivity index (χ3v) is 3.94. The molecule has 0 bridgehead atoms. The largest absolute Gasteiger partial charge is 0.467 e. The molecule has 0 atom stereocenters. The van der Waals surface area contributed by atoms with Crippen LogP contribution in [0.4, 0.5) is 0 Å². The molecule has 2 aliphatic rings. The molecule has 7 nitrogen and oxygen atoms in total. The summed E-state index contributed by atoms with van der Waals surface area (Å²) in [6.45, 7) is 8.53.